The zero-order chi connectivity index (χ0) is 7.19. The van der Waals surface area contributed by atoms with Crippen molar-refractivity contribution in [2.75, 3.05) is 0 Å². The van der Waals surface area contributed by atoms with Crippen LogP contribution in [0.2, 0.25) is 0 Å². The first-order valence-electron chi connectivity index (χ1n) is 4.02. The molecule has 2 aliphatic carbocycles. The lowest BCUT2D eigenvalue weighted by Gasteiger charge is -2.01. The second kappa shape index (κ2) is 1.71. The van der Waals surface area contributed by atoms with Crippen LogP contribution in [0.3, 0.4) is 0 Å². The molecule has 10 heavy (non-hydrogen) atoms. The Kier molecular flexibility index (Phi) is 1.05. The summed E-state index contributed by atoms with van der Waals surface area (Å²) in [6, 6.07) is 0. The molecule has 1 spiro atoms. The topological polar surface area (TPSA) is 17.1 Å². The van der Waals surface area contributed by atoms with Gasteiger partial charge in [-0.25, -0.2) is 0 Å². The van der Waals surface area contributed by atoms with E-state index in [0.717, 1.165) is 31.3 Å². The van der Waals surface area contributed by atoms with Crippen molar-refractivity contribution in [1.82, 2.24) is 0 Å². The number of rotatable bonds is 1. The van der Waals surface area contributed by atoms with Crippen molar-refractivity contribution in [3.05, 3.63) is 11.6 Å². The maximum atomic E-state index is 11.5. The first kappa shape index (κ1) is 6.14. The molecule has 0 bridgehead atoms. The van der Waals surface area contributed by atoms with Gasteiger partial charge in [-0.3, -0.25) is 4.79 Å². The second-order valence-electron chi connectivity index (χ2n) is 3.40. The number of Topliss-reactive ketones (excluding diaryl/α,β-unsaturated/α-hetero) is 1. The Morgan fingerprint density at radius 1 is 1.60 bits per heavy atom. The minimum absolute atomic E-state index is 0.144. The van der Waals surface area contributed by atoms with Crippen molar-refractivity contribution in [3.8, 4) is 0 Å². The first-order valence-corrected chi connectivity index (χ1v) is 4.02. The number of carbonyl (C=O) groups is 1. The predicted molar refractivity (Wildman–Crippen MR) is 39.7 cm³/mol. The molecule has 1 fully saturated rings. The van der Waals surface area contributed by atoms with Gasteiger partial charge >= 0.3 is 0 Å². The third-order valence-electron chi connectivity index (χ3n) is 2.75. The molecule has 0 radical (unpaired) electrons. The van der Waals surface area contributed by atoms with Gasteiger partial charge in [-0.1, -0.05) is 13.0 Å². The Bertz CT molecular complexity index is 209. The van der Waals surface area contributed by atoms with Crippen LogP contribution < -0.4 is 0 Å². The molecule has 0 unspecified atom stereocenters. The van der Waals surface area contributed by atoms with Gasteiger partial charge in [-0.2, -0.15) is 0 Å². The van der Waals surface area contributed by atoms with Crippen LogP contribution in [0.1, 0.15) is 32.6 Å². The number of hydrogen-bond acceptors (Lipinski definition) is 1. The number of allylic oxidation sites excluding steroid dienone is 2. The number of hydrogen-bond donors (Lipinski definition) is 0. The van der Waals surface area contributed by atoms with E-state index in [4.69, 9.17) is 0 Å². The monoisotopic (exact) mass is 136 g/mol. The Labute approximate surface area is 61.1 Å². The molecule has 0 aromatic carbocycles. The summed E-state index contributed by atoms with van der Waals surface area (Å²) in [5.74, 6) is 0.454. The quantitative estimate of drug-likeness (QED) is 0.539. The van der Waals surface area contributed by atoms with E-state index in [1.54, 1.807) is 0 Å². The van der Waals surface area contributed by atoms with Crippen molar-refractivity contribution >= 4 is 5.78 Å². The van der Waals surface area contributed by atoms with Crippen molar-refractivity contribution < 1.29 is 4.79 Å². The highest BCUT2D eigenvalue weighted by molar-refractivity contribution is 6.04. The van der Waals surface area contributed by atoms with Gasteiger partial charge < -0.3 is 0 Å². The summed E-state index contributed by atoms with van der Waals surface area (Å²) < 4.78 is 0. The molecule has 0 amide bonds. The first-order chi connectivity index (χ1) is 4.78. The molecule has 0 aliphatic heterocycles. The second-order valence-corrected chi connectivity index (χ2v) is 3.40. The van der Waals surface area contributed by atoms with Crippen molar-refractivity contribution in [2.45, 2.75) is 32.6 Å². The van der Waals surface area contributed by atoms with Crippen LogP contribution in [-0.4, -0.2) is 5.78 Å². The van der Waals surface area contributed by atoms with Gasteiger partial charge in [-0.05, 0) is 31.3 Å². The standard InChI is InChI=1S/C9H12O/c1-2-7-3-4-9(5-6-9)8(7)10/h3H,2,4-6H2,1H3. The SMILES string of the molecule is CCC1=CCC2(CC2)C1=O. The number of ketones is 1. The van der Waals surface area contributed by atoms with E-state index in [1.165, 1.54) is 0 Å². The van der Waals surface area contributed by atoms with Gasteiger partial charge in [0.1, 0.15) is 0 Å². The molecule has 0 N–H and O–H groups in total. The summed E-state index contributed by atoms with van der Waals surface area (Å²) in [4.78, 5) is 11.5. The van der Waals surface area contributed by atoms with Gasteiger partial charge in [0, 0.05) is 5.41 Å². The lowest BCUT2D eigenvalue weighted by molar-refractivity contribution is -0.119. The van der Waals surface area contributed by atoms with Crippen LogP contribution in [0.5, 0.6) is 0 Å². The highest BCUT2D eigenvalue weighted by atomic mass is 16.1. The van der Waals surface area contributed by atoms with E-state index >= 15 is 0 Å². The van der Waals surface area contributed by atoms with Crippen molar-refractivity contribution in [2.24, 2.45) is 5.41 Å². The van der Waals surface area contributed by atoms with E-state index < -0.39 is 0 Å². The Morgan fingerprint density at radius 2 is 2.30 bits per heavy atom. The van der Waals surface area contributed by atoms with Gasteiger partial charge in [0.15, 0.2) is 5.78 Å². The molecule has 54 valence electrons. The van der Waals surface area contributed by atoms with Gasteiger partial charge in [0.25, 0.3) is 0 Å². The van der Waals surface area contributed by atoms with Crippen LogP contribution in [0.4, 0.5) is 0 Å². The minimum Gasteiger partial charge on any atom is -0.294 e. The van der Waals surface area contributed by atoms with E-state index in [1.807, 2.05) is 0 Å². The van der Waals surface area contributed by atoms with Crippen LogP contribution in [0.25, 0.3) is 0 Å². The third-order valence-corrected chi connectivity index (χ3v) is 2.75. The molecule has 0 aromatic heterocycles. The summed E-state index contributed by atoms with van der Waals surface area (Å²) in [6.07, 6.45) is 6.39. The molecule has 2 rings (SSSR count). The molecule has 0 atom stereocenters. The van der Waals surface area contributed by atoms with Gasteiger partial charge in [0.2, 0.25) is 0 Å². The fourth-order valence-corrected chi connectivity index (χ4v) is 1.73. The molecular weight excluding hydrogens is 124 g/mol. The highest BCUT2D eigenvalue weighted by Crippen LogP contribution is 2.55. The van der Waals surface area contributed by atoms with Crippen LogP contribution in [0.15, 0.2) is 11.6 Å². The van der Waals surface area contributed by atoms with Crippen LogP contribution in [0, 0.1) is 5.41 Å². The Hall–Kier alpha value is -0.590. The van der Waals surface area contributed by atoms with E-state index in [0.29, 0.717) is 5.78 Å². The average molecular weight is 136 g/mol. The summed E-state index contributed by atoms with van der Waals surface area (Å²) in [5, 5.41) is 0. The highest BCUT2D eigenvalue weighted by Gasteiger charge is 2.51. The molecule has 0 heterocycles. The summed E-state index contributed by atoms with van der Waals surface area (Å²) in [6.45, 7) is 2.06. The third kappa shape index (κ3) is 0.606. The largest absolute Gasteiger partial charge is 0.294 e. The average Bonchev–Trinajstić information content (AvgIpc) is 2.63. The smallest absolute Gasteiger partial charge is 0.164 e. The minimum atomic E-state index is 0.144. The Balaban J connectivity index is 2.21. The zero-order valence-electron chi connectivity index (χ0n) is 6.31. The molecule has 2 aliphatic rings. The fourth-order valence-electron chi connectivity index (χ4n) is 1.73. The maximum Gasteiger partial charge on any atom is 0.164 e. The van der Waals surface area contributed by atoms with E-state index in [2.05, 4.69) is 13.0 Å². The van der Waals surface area contributed by atoms with Crippen LogP contribution >= 0.6 is 0 Å². The van der Waals surface area contributed by atoms with Crippen molar-refractivity contribution in [1.29, 1.82) is 0 Å². The molecule has 0 saturated heterocycles. The maximum absolute atomic E-state index is 11.5. The van der Waals surface area contributed by atoms with E-state index in [-0.39, 0.29) is 5.41 Å². The normalized spacial score (nSPS) is 27.3. The lowest BCUT2D eigenvalue weighted by Crippen LogP contribution is -2.09. The summed E-state index contributed by atoms with van der Waals surface area (Å²) in [5.41, 5.74) is 1.23. The van der Waals surface area contributed by atoms with Crippen LogP contribution in [-0.2, 0) is 4.79 Å². The summed E-state index contributed by atoms with van der Waals surface area (Å²) >= 11 is 0. The lowest BCUT2D eigenvalue weighted by atomic mass is 10.0. The predicted octanol–water partition coefficient (Wildman–Crippen LogP) is 2.08. The molecule has 1 nitrogen and oxygen atoms in total. The Morgan fingerprint density at radius 3 is 2.60 bits per heavy atom. The number of carbonyl (C=O) groups excluding carboxylic acids is 1. The molecule has 0 aromatic rings. The fraction of sp³-hybridized carbons (Fsp3) is 0.667. The molecule has 1 saturated carbocycles. The van der Waals surface area contributed by atoms with E-state index in [9.17, 15) is 4.79 Å². The van der Waals surface area contributed by atoms with Gasteiger partial charge in [-0.15, -0.1) is 0 Å². The van der Waals surface area contributed by atoms with Crippen molar-refractivity contribution in [3.63, 3.8) is 0 Å². The zero-order valence-corrected chi connectivity index (χ0v) is 6.31. The van der Waals surface area contributed by atoms with Gasteiger partial charge in [0.05, 0.1) is 0 Å². The summed E-state index contributed by atoms with van der Waals surface area (Å²) in [7, 11) is 0. The molecule has 1 heteroatoms. The molecular formula is C9H12O.